The first-order chi connectivity index (χ1) is 4.63. The van der Waals surface area contributed by atoms with Gasteiger partial charge in [-0.2, -0.15) is 3.11 Å². The van der Waals surface area contributed by atoms with E-state index in [1.165, 1.54) is 7.05 Å². The second-order valence-electron chi connectivity index (χ2n) is 1.24. The van der Waals surface area contributed by atoms with Crippen LogP contribution in [0.25, 0.3) is 0 Å². The fraction of sp³-hybridized carbons (Fsp3) is 0.333. The minimum absolute atomic E-state index is 0.449. The average Bonchev–Trinajstić information content (AvgIpc) is 2.00. The summed E-state index contributed by atoms with van der Waals surface area (Å²) >= 11 is 3.25. The molecule has 7 heteroatoms. The van der Waals surface area contributed by atoms with Crippen molar-refractivity contribution in [3.8, 4) is 0 Å². The first kappa shape index (κ1) is 10.2. The fourth-order valence-corrected chi connectivity index (χ4v) is 1.29. The highest BCUT2D eigenvalue weighted by Crippen LogP contribution is 1.99. The summed E-state index contributed by atoms with van der Waals surface area (Å²) in [6.07, 6.45) is 0. The van der Waals surface area contributed by atoms with Gasteiger partial charge in [0.1, 0.15) is 0 Å². The van der Waals surface area contributed by atoms with Gasteiger partial charge >= 0.3 is 12.1 Å². The molecule has 2 N–H and O–H groups in total. The van der Waals surface area contributed by atoms with Crippen LogP contribution in [0.15, 0.2) is 0 Å². The maximum Gasteiger partial charge on any atom is 0.343 e. The molecule has 0 aliphatic heterocycles. The van der Waals surface area contributed by atoms with Crippen LogP contribution in [0, 0.1) is 0 Å². The van der Waals surface area contributed by atoms with Gasteiger partial charge < -0.3 is 5.32 Å². The number of amides is 4. The number of nitrogens with zero attached hydrogens (tertiary/aromatic N) is 1. The highest BCUT2D eigenvalue weighted by molar-refractivity contribution is 14.1. The highest BCUT2D eigenvalue weighted by Gasteiger charge is 2.15. The zero-order valence-electron chi connectivity index (χ0n) is 5.02. The molecule has 0 fully saturated rings. The van der Waals surface area contributed by atoms with Crippen molar-refractivity contribution >= 4 is 57.8 Å². The van der Waals surface area contributed by atoms with Gasteiger partial charge in [0.15, 0.2) is 0 Å². The molecule has 4 amide bonds. The highest BCUT2D eigenvalue weighted by atomic mass is 127. The van der Waals surface area contributed by atoms with Crippen LogP contribution in [0.3, 0.4) is 0 Å². The van der Waals surface area contributed by atoms with E-state index >= 15 is 0 Å². The quantitative estimate of drug-likeness (QED) is 0.495. The molecule has 0 saturated carbocycles. The summed E-state index contributed by atoms with van der Waals surface area (Å²) in [5, 5.41) is 2.30. The Kier molecular flexibility index (Phi) is 5.03. The Labute approximate surface area is 85.9 Å². The van der Waals surface area contributed by atoms with E-state index in [0.29, 0.717) is 0 Å². The summed E-state index contributed by atoms with van der Waals surface area (Å²) in [4.78, 5) is 21.3. The summed E-state index contributed by atoms with van der Waals surface area (Å²) in [5.74, 6) is 0. The van der Waals surface area contributed by atoms with Crippen LogP contribution in [0.2, 0.25) is 0 Å². The van der Waals surface area contributed by atoms with Gasteiger partial charge in [-0.1, -0.05) is 0 Å². The lowest BCUT2D eigenvalue weighted by Crippen LogP contribution is -2.38. The van der Waals surface area contributed by atoms with Crippen LogP contribution in [0.4, 0.5) is 9.59 Å². The minimum atomic E-state index is -0.458. The number of imide groups is 1. The van der Waals surface area contributed by atoms with Gasteiger partial charge in [0, 0.05) is 7.05 Å². The summed E-state index contributed by atoms with van der Waals surface area (Å²) in [7, 11) is 1.45. The Morgan fingerprint density at radius 1 is 1.40 bits per heavy atom. The van der Waals surface area contributed by atoms with Crippen molar-refractivity contribution in [2.24, 2.45) is 0 Å². The Balaban J connectivity index is 3.94. The van der Waals surface area contributed by atoms with Crippen LogP contribution < -0.4 is 8.85 Å². The zero-order chi connectivity index (χ0) is 8.15. The molecule has 0 aromatic carbocycles. The summed E-state index contributed by atoms with van der Waals surface area (Å²) in [6, 6.07) is -0.907. The maximum absolute atomic E-state index is 10.7. The molecule has 0 saturated heterocycles. The van der Waals surface area contributed by atoms with Gasteiger partial charge in [0.25, 0.3) is 0 Å². The Morgan fingerprint density at radius 3 is 2.20 bits per heavy atom. The number of hydrogen-bond donors (Lipinski definition) is 2. The molecule has 0 aliphatic rings. The normalized spacial score (nSPS) is 8.30. The number of nitrogens with one attached hydrogen (secondary N) is 2. The van der Waals surface area contributed by atoms with E-state index in [1.807, 2.05) is 0 Å². The van der Waals surface area contributed by atoms with Crippen LogP contribution in [0.1, 0.15) is 0 Å². The molecule has 10 heavy (non-hydrogen) atoms. The lowest BCUT2D eigenvalue weighted by molar-refractivity contribution is 0.219. The first-order valence-electron chi connectivity index (χ1n) is 2.21. The summed E-state index contributed by atoms with van der Waals surface area (Å²) < 4.78 is 3.18. The molecule has 0 bridgehead atoms. The van der Waals surface area contributed by atoms with E-state index < -0.39 is 12.1 Å². The van der Waals surface area contributed by atoms with Crippen molar-refractivity contribution in [3.05, 3.63) is 0 Å². The Morgan fingerprint density at radius 2 is 1.90 bits per heavy atom. The Bertz CT molecular complexity index is 135. The second-order valence-corrected chi connectivity index (χ2v) is 2.74. The van der Waals surface area contributed by atoms with Gasteiger partial charge in [-0.05, 0) is 0 Å². The van der Waals surface area contributed by atoms with Gasteiger partial charge in [-0.25, -0.2) is 9.59 Å². The van der Waals surface area contributed by atoms with Gasteiger partial charge in [-0.15, -0.1) is 0 Å². The first-order valence-corrected chi connectivity index (χ1v) is 4.26. The largest absolute Gasteiger partial charge is 0.343 e. The average molecular weight is 369 g/mol. The maximum atomic E-state index is 10.7. The lowest BCUT2D eigenvalue weighted by Gasteiger charge is -2.09. The van der Waals surface area contributed by atoms with Gasteiger partial charge in [0.2, 0.25) is 0 Å². The third kappa shape index (κ3) is 2.86. The van der Waals surface area contributed by atoms with Crippen molar-refractivity contribution < 1.29 is 9.59 Å². The van der Waals surface area contributed by atoms with Crippen molar-refractivity contribution in [3.63, 3.8) is 0 Å². The predicted molar refractivity (Wildman–Crippen MR) is 52.9 cm³/mol. The third-order valence-corrected chi connectivity index (χ3v) is 1.99. The van der Waals surface area contributed by atoms with Crippen molar-refractivity contribution in [1.82, 2.24) is 12.0 Å². The third-order valence-electron chi connectivity index (χ3n) is 0.651. The zero-order valence-corrected chi connectivity index (χ0v) is 9.33. The van der Waals surface area contributed by atoms with E-state index in [0.717, 1.165) is 3.11 Å². The smallest absolute Gasteiger partial charge is 0.340 e. The van der Waals surface area contributed by atoms with E-state index in [-0.39, 0.29) is 0 Å². The minimum Gasteiger partial charge on any atom is -0.340 e. The molecule has 0 atom stereocenters. The molecule has 0 aromatic rings. The van der Waals surface area contributed by atoms with Crippen molar-refractivity contribution in [2.45, 2.75) is 0 Å². The van der Waals surface area contributed by atoms with E-state index in [2.05, 4.69) is 8.85 Å². The number of rotatable bonds is 0. The number of urea groups is 2. The molecule has 58 valence electrons. The van der Waals surface area contributed by atoms with Gasteiger partial charge in [-0.3, -0.25) is 3.53 Å². The second kappa shape index (κ2) is 4.93. The topological polar surface area (TPSA) is 61.4 Å². The van der Waals surface area contributed by atoms with E-state index in [9.17, 15) is 9.59 Å². The van der Waals surface area contributed by atoms with Crippen molar-refractivity contribution in [1.29, 1.82) is 0 Å². The molecule has 5 nitrogen and oxygen atoms in total. The lowest BCUT2D eigenvalue weighted by atomic mass is 10.9. The number of halogens is 2. The predicted octanol–water partition coefficient (Wildman–Crippen LogP) is 1.04. The molecular formula is C3H5I2N3O2. The molecule has 0 rings (SSSR count). The molecule has 0 unspecified atom stereocenters. The van der Waals surface area contributed by atoms with Crippen LogP contribution in [-0.2, 0) is 0 Å². The molecule has 0 aromatic heterocycles. The van der Waals surface area contributed by atoms with Crippen LogP contribution in [-0.4, -0.2) is 22.2 Å². The van der Waals surface area contributed by atoms with E-state index in [4.69, 9.17) is 0 Å². The molecule has 0 heterocycles. The molecule has 0 aliphatic carbocycles. The Hall–Kier alpha value is 0.200. The summed E-state index contributed by atoms with van der Waals surface area (Å²) in [6.45, 7) is 0. The summed E-state index contributed by atoms with van der Waals surface area (Å²) in [5.41, 5.74) is 0. The molecular weight excluding hydrogens is 364 g/mol. The number of carbonyl (C=O) groups is 2. The van der Waals surface area contributed by atoms with Crippen molar-refractivity contribution in [2.75, 3.05) is 7.05 Å². The molecule has 0 radical (unpaired) electrons. The monoisotopic (exact) mass is 369 g/mol. The van der Waals surface area contributed by atoms with Crippen LogP contribution >= 0.6 is 45.7 Å². The standard InChI is InChI=1S/C3H5I2N3O2/c1-6-2(9)8(5)3(10)7-4/h1H3,(H,6,9)(H,7,10). The van der Waals surface area contributed by atoms with Gasteiger partial charge in [0.05, 0.1) is 45.7 Å². The number of hydrogen-bond acceptors (Lipinski definition) is 2. The van der Waals surface area contributed by atoms with Crippen LogP contribution in [0.5, 0.6) is 0 Å². The van der Waals surface area contributed by atoms with E-state index in [1.54, 1.807) is 45.7 Å². The number of carbonyl (C=O) groups excluding carboxylic acids is 2. The SMILES string of the molecule is CNC(=O)N(I)C(=O)NI. The molecule has 0 spiro atoms. The fourth-order valence-electron chi connectivity index (χ4n) is 0.227.